The molecular weight excluding hydrogens is 514 g/mol. The van der Waals surface area contributed by atoms with Gasteiger partial charge in [0.25, 0.3) is 5.91 Å². The number of nitrogens with zero attached hydrogens (tertiary/aromatic N) is 3. The normalized spacial score (nSPS) is 20.7. The number of thiazole rings is 1. The van der Waals surface area contributed by atoms with Crippen LogP contribution in [0.3, 0.4) is 0 Å². The van der Waals surface area contributed by atoms with E-state index in [2.05, 4.69) is 20.9 Å². The lowest BCUT2D eigenvalue weighted by molar-refractivity contribution is -0.0440. The number of halogens is 1. The number of carbonyl (C=O) groups excluding carboxylic acids is 1. The van der Waals surface area contributed by atoms with Crippen molar-refractivity contribution < 1.29 is 17.9 Å². The van der Waals surface area contributed by atoms with Crippen molar-refractivity contribution in [2.45, 2.75) is 44.4 Å². The second-order valence-corrected chi connectivity index (χ2v) is 11.6. The Bertz CT molecular complexity index is 1320. The van der Waals surface area contributed by atoms with Crippen LogP contribution in [-0.2, 0) is 21.3 Å². The minimum Gasteiger partial charge on any atom is -0.373 e. The number of aryl methyl sites for hydroxylation is 1. The average molecular weight is 538 g/mol. The van der Waals surface area contributed by atoms with Crippen LogP contribution in [-0.4, -0.2) is 48.5 Å². The summed E-state index contributed by atoms with van der Waals surface area (Å²) in [7, 11) is -3.66. The van der Waals surface area contributed by atoms with E-state index in [9.17, 15) is 13.2 Å². The van der Waals surface area contributed by atoms with Gasteiger partial charge in [0.2, 0.25) is 10.0 Å². The molecule has 1 aliphatic rings. The smallest absolute Gasteiger partial charge is 0.279 e. The minimum atomic E-state index is -3.66. The number of ether oxygens (including phenoxy) is 1. The highest BCUT2D eigenvalue weighted by atomic mass is 79.9. The molecule has 1 aliphatic heterocycles. The number of morpholine rings is 1. The second-order valence-electron chi connectivity index (χ2n) is 7.76. The molecule has 4 rings (SSSR count). The summed E-state index contributed by atoms with van der Waals surface area (Å²) in [5, 5.41) is 0. The van der Waals surface area contributed by atoms with Gasteiger partial charge in [-0.25, -0.2) is 8.42 Å². The van der Waals surface area contributed by atoms with Crippen LogP contribution in [0.25, 0.3) is 10.2 Å². The van der Waals surface area contributed by atoms with Crippen LogP contribution in [0, 0.1) is 0 Å². The Balaban J connectivity index is 1.62. The van der Waals surface area contributed by atoms with Gasteiger partial charge in [-0.15, -0.1) is 0 Å². The first kappa shape index (κ1) is 23.3. The summed E-state index contributed by atoms with van der Waals surface area (Å²) in [5.74, 6) is -0.407. The molecular formula is C22H24BrN3O4S2. The Kier molecular flexibility index (Phi) is 6.69. The van der Waals surface area contributed by atoms with E-state index < -0.39 is 15.9 Å². The zero-order valence-electron chi connectivity index (χ0n) is 18.0. The minimum absolute atomic E-state index is 0.158. The van der Waals surface area contributed by atoms with Crippen LogP contribution in [0.4, 0.5) is 0 Å². The molecule has 0 N–H and O–H groups in total. The molecule has 7 nitrogen and oxygen atoms in total. The van der Waals surface area contributed by atoms with Gasteiger partial charge in [-0.05, 0) is 63.2 Å². The molecule has 2 heterocycles. The molecule has 2 atom stereocenters. The van der Waals surface area contributed by atoms with Crippen molar-refractivity contribution in [1.82, 2.24) is 8.87 Å². The number of aromatic nitrogens is 1. The van der Waals surface area contributed by atoms with Gasteiger partial charge in [-0.1, -0.05) is 27.3 Å². The second kappa shape index (κ2) is 9.18. The van der Waals surface area contributed by atoms with Crippen LogP contribution in [0.1, 0.15) is 31.1 Å². The molecule has 3 aromatic rings. The molecule has 2 aromatic carbocycles. The van der Waals surface area contributed by atoms with Crippen LogP contribution >= 0.6 is 27.3 Å². The van der Waals surface area contributed by atoms with Crippen molar-refractivity contribution in [2.75, 3.05) is 13.1 Å². The van der Waals surface area contributed by atoms with Crippen LogP contribution in [0.15, 0.2) is 56.8 Å². The van der Waals surface area contributed by atoms with Gasteiger partial charge < -0.3 is 9.30 Å². The fraction of sp³-hybridized carbons (Fsp3) is 0.364. The third-order valence-electron chi connectivity index (χ3n) is 5.28. The van der Waals surface area contributed by atoms with E-state index in [1.54, 1.807) is 0 Å². The molecule has 1 aromatic heterocycles. The van der Waals surface area contributed by atoms with Crippen molar-refractivity contribution >= 4 is 53.4 Å². The molecule has 2 unspecified atom stereocenters. The van der Waals surface area contributed by atoms with Crippen molar-refractivity contribution in [2.24, 2.45) is 4.99 Å². The first-order valence-corrected chi connectivity index (χ1v) is 13.4. The lowest BCUT2D eigenvalue weighted by atomic mass is 10.2. The van der Waals surface area contributed by atoms with Gasteiger partial charge in [0.15, 0.2) is 4.80 Å². The Hall–Kier alpha value is -1.85. The molecule has 32 heavy (non-hydrogen) atoms. The maximum absolute atomic E-state index is 13.0. The Morgan fingerprint density at radius 2 is 1.81 bits per heavy atom. The summed E-state index contributed by atoms with van der Waals surface area (Å²) in [6.07, 6.45) is -0.333. The molecule has 170 valence electrons. The maximum atomic E-state index is 13.0. The highest BCUT2D eigenvalue weighted by Gasteiger charge is 2.32. The number of sulfonamides is 1. The lowest BCUT2D eigenvalue weighted by Crippen LogP contribution is -2.48. The van der Waals surface area contributed by atoms with Crippen molar-refractivity contribution in [3.8, 4) is 0 Å². The van der Waals surface area contributed by atoms with E-state index in [1.165, 1.54) is 39.9 Å². The summed E-state index contributed by atoms with van der Waals surface area (Å²) in [4.78, 5) is 17.9. The molecule has 0 bridgehead atoms. The third-order valence-corrected chi connectivity index (χ3v) is 8.66. The number of hydrogen-bond acceptors (Lipinski definition) is 5. The summed E-state index contributed by atoms with van der Waals surface area (Å²) >= 11 is 4.92. The number of carbonyl (C=O) groups is 1. The number of hydrogen-bond donors (Lipinski definition) is 0. The fourth-order valence-electron chi connectivity index (χ4n) is 3.83. The highest BCUT2D eigenvalue weighted by Crippen LogP contribution is 2.23. The first-order chi connectivity index (χ1) is 15.2. The molecule has 1 saturated heterocycles. The van der Waals surface area contributed by atoms with Crippen LogP contribution < -0.4 is 4.80 Å². The van der Waals surface area contributed by atoms with Gasteiger partial charge in [-0.2, -0.15) is 9.30 Å². The quantitative estimate of drug-likeness (QED) is 0.503. The van der Waals surface area contributed by atoms with E-state index in [1.807, 2.05) is 43.5 Å². The topological polar surface area (TPSA) is 81.0 Å². The van der Waals surface area contributed by atoms with Crippen LogP contribution in [0.5, 0.6) is 0 Å². The molecule has 10 heteroatoms. The molecule has 0 saturated carbocycles. The van der Waals surface area contributed by atoms with Gasteiger partial charge >= 0.3 is 0 Å². The predicted molar refractivity (Wildman–Crippen MR) is 128 cm³/mol. The maximum Gasteiger partial charge on any atom is 0.279 e. The van der Waals surface area contributed by atoms with Gasteiger partial charge in [0, 0.05) is 29.7 Å². The Morgan fingerprint density at radius 3 is 2.44 bits per heavy atom. The van der Waals surface area contributed by atoms with E-state index in [4.69, 9.17) is 4.74 Å². The van der Waals surface area contributed by atoms with E-state index in [0.29, 0.717) is 30.0 Å². The highest BCUT2D eigenvalue weighted by molar-refractivity contribution is 9.10. The molecule has 0 spiro atoms. The van der Waals surface area contributed by atoms with Crippen molar-refractivity contribution in [3.05, 3.63) is 57.3 Å². The number of benzene rings is 2. The number of amides is 1. The largest absolute Gasteiger partial charge is 0.373 e. The third kappa shape index (κ3) is 4.60. The number of fused-ring (bicyclic) bond motifs is 1. The molecule has 0 aliphatic carbocycles. The zero-order valence-corrected chi connectivity index (χ0v) is 21.2. The van der Waals surface area contributed by atoms with Crippen molar-refractivity contribution in [1.29, 1.82) is 0 Å². The van der Waals surface area contributed by atoms with E-state index in [0.717, 1.165) is 14.7 Å². The molecule has 0 radical (unpaired) electrons. The number of rotatable bonds is 4. The van der Waals surface area contributed by atoms with E-state index >= 15 is 0 Å². The summed E-state index contributed by atoms with van der Waals surface area (Å²) in [5.41, 5.74) is 1.36. The van der Waals surface area contributed by atoms with Gasteiger partial charge in [0.05, 0.1) is 27.3 Å². The molecule has 1 amide bonds. The standard InChI is InChI=1S/C22H24BrN3O4S2/c1-4-26-19-10-7-17(23)11-20(19)31-22(26)24-21(27)16-5-8-18(9-6-16)32(28,29)25-12-14(2)30-15(3)13-25/h5-11,14-15H,4,12-13H2,1-3H3. The fourth-order valence-corrected chi connectivity index (χ4v) is 7.07. The molecule has 1 fully saturated rings. The predicted octanol–water partition coefficient (Wildman–Crippen LogP) is 4.02. The summed E-state index contributed by atoms with van der Waals surface area (Å²) in [6, 6.07) is 11.9. The van der Waals surface area contributed by atoms with E-state index in [-0.39, 0.29) is 17.1 Å². The van der Waals surface area contributed by atoms with Crippen LogP contribution in [0.2, 0.25) is 0 Å². The lowest BCUT2D eigenvalue weighted by Gasteiger charge is -2.34. The average Bonchev–Trinajstić information content (AvgIpc) is 3.08. The summed E-state index contributed by atoms with van der Waals surface area (Å²) in [6.45, 7) is 7.02. The monoisotopic (exact) mass is 537 g/mol. The SMILES string of the molecule is CCn1c(=NC(=O)c2ccc(S(=O)(=O)N3CC(C)OC(C)C3)cc2)sc2cc(Br)ccc21. The van der Waals surface area contributed by atoms with Crippen molar-refractivity contribution in [3.63, 3.8) is 0 Å². The Labute approximate surface area is 199 Å². The first-order valence-electron chi connectivity index (χ1n) is 10.3. The zero-order chi connectivity index (χ0) is 23.0. The van der Waals surface area contributed by atoms with Gasteiger partial charge in [-0.3, -0.25) is 4.79 Å². The Morgan fingerprint density at radius 1 is 1.16 bits per heavy atom. The van der Waals surface area contributed by atoms with Gasteiger partial charge in [0.1, 0.15) is 0 Å². The summed E-state index contributed by atoms with van der Waals surface area (Å²) < 4.78 is 37.1.